The Hall–Kier alpha value is 0.270. The molecule has 2 nitrogen and oxygen atoms in total. The highest BCUT2D eigenvalue weighted by Crippen LogP contribution is 2.23. The largest absolute Gasteiger partial charge is 0.271 e. The molecule has 0 fully saturated rings. The number of hydrogen-bond acceptors (Lipinski definition) is 3. The molecule has 0 aromatic rings. The fourth-order valence-corrected chi connectivity index (χ4v) is 2.01. The number of hydrogen-bond donors (Lipinski definition) is 2. The summed E-state index contributed by atoms with van der Waals surface area (Å²) in [6.07, 6.45) is 2.39. The van der Waals surface area contributed by atoms with Gasteiger partial charge in [-0.3, -0.25) is 11.3 Å². The van der Waals surface area contributed by atoms with Crippen LogP contribution in [0.25, 0.3) is 0 Å². The molecule has 0 saturated carbocycles. The van der Waals surface area contributed by atoms with Crippen molar-refractivity contribution in [1.82, 2.24) is 5.43 Å². The Morgan fingerprint density at radius 2 is 1.86 bits per heavy atom. The Labute approximate surface area is 93.4 Å². The van der Waals surface area contributed by atoms with Gasteiger partial charge in [0.1, 0.15) is 0 Å². The third kappa shape index (κ3) is 8.85. The van der Waals surface area contributed by atoms with Crippen molar-refractivity contribution in [3.8, 4) is 0 Å². The molecule has 0 heterocycles. The van der Waals surface area contributed by atoms with Gasteiger partial charge >= 0.3 is 0 Å². The van der Waals surface area contributed by atoms with Gasteiger partial charge in [-0.05, 0) is 23.5 Å². The van der Waals surface area contributed by atoms with Gasteiger partial charge in [0.2, 0.25) is 0 Å². The molecule has 86 valence electrons. The minimum atomic E-state index is 0.414. The molecule has 0 aromatic heterocycles. The van der Waals surface area contributed by atoms with Crippen LogP contribution in [0, 0.1) is 5.41 Å². The summed E-state index contributed by atoms with van der Waals surface area (Å²) in [7, 11) is 0. The zero-order chi connectivity index (χ0) is 11.2. The van der Waals surface area contributed by atoms with Gasteiger partial charge in [0.15, 0.2) is 0 Å². The predicted molar refractivity (Wildman–Crippen MR) is 67.4 cm³/mol. The minimum absolute atomic E-state index is 0.414. The van der Waals surface area contributed by atoms with E-state index in [4.69, 9.17) is 5.84 Å². The lowest BCUT2D eigenvalue weighted by atomic mass is 9.89. The van der Waals surface area contributed by atoms with Crippen molar-refractivity contribution in [2.24, 2.45) is 11.3 Å². The fraction of sp³-hybridized carbons (Fsp3) is 1.00. The molecular formula is C11H26N2S. The Morgan fingerprint density at radius 1 is 1.29 bits per heavy atom. The summed E-state index contributed by atoms with van der Waals surface area (Å²) < 4.78 is 0. The molecule has 1 unspecified atom stereocenters. The van der Waals surface area contributed by atoms with E-state index < -0.39 is 0 Å². The summed E-state index contributed by atoms with van der Waals surface area (Å²) in [4.78, 5) is 0. The van der Waals surface area contributed by atoms with Gasteiger partial charge in [0.05, 0.1) is 0 Å². The van der Waals surface area contributed by atoms with Crippen LogP contribution in [0.3, 0.4) is 0 Å². The van der Waals surface area contributed by atoms with Crippen molar-refractivity contribution in [2.75, 3.05) is 5.75 Å². The number of nitrogens with one attached hydrogen (secondary N) is 1. The molecule has 0 aliphatic carbocycles. The van der Waals surface area contributed by atoms with E-state index in [1.807, 2.05) is 11.8 Å². The van der Waals surface area contributed by atoms with Crippen LogP contribution >= 0.6 is 11.8 Å². The average molecular weight is 218 g/mol. The monoisotopic (exact) mass is 218 g/mol. The highest BCUT2D eigenvalue weighted by atomic mass is 32.2. The average Bonchev–Trinajstić information content (AvgIpc) is 2.02. The predicted octanol–water partition coefficient (Wildman–Crippen LogP) is 2.79. The summed E-state index contributed by atoms with van der Waals surface area (Å²) >= 11 is 1.97. The molecule has 0 aliphatic heterocycles. The second-order valence-corrected chi connectivity index (χ2v) is 6.95. The van der Waals surface area contributed by atoms with Crippen LogP contribution in [0.15, 0.2) is 0 Å². The number of rotatable bonds is 6. The molecule has 0 spiro atoms. The standard InChI is InChI=1S/C11H26N2S/c1-9(2)14-8-10(13-12)6-7-11(3,4)5/h9-10,13H,6-8,12H2,1-5H3. The highest BCUT2D eigenvalue weighted by Gasteiger charge is 2.14. The first-order valence-electron chi connectivity index (χ1n) is 5.43. The van der Waals surface area contributed by atoms with Crippen molar-refractivity contribution in [3.05, 3.63) is 0 Å². The number of hydrazine groups is 1. The zero-order valence-electron chi connectivity index (χ0n) is 10.3. The molecule has 0 aliphatic rings. The molecule has 0 bridgehead atoms. The molecule has 14 heavy (non-hydrogen) atoms. The van der Waals surface area contributed by atoms with E-state index in [1.165, 1.54) is 12.8 Å². The molecule has 3 heteroatoms. The van der Waals surface area contributed by atoms with Gasteiger partial charge in [-0.25, -0.2) is 0 Å². The van der Waals surface area contributed by atoms with E-state index >= 15 is 0 Å². The van der Waals surface area contributed by atoms with Crippen molar-refractivity contribution >= 4 is 11.8 Å². The van der Waals surface area contributed by atoms with Crippen LogP contribution in [0.1, 0.15) is 47.5 Å². The number of nitrogens with two attached hydrogens (primary N) is 1. The third-order valence-corrected chi connectivity index (χ3v) is 3.37. The zero-order valence-corrected chi connectivity index (χ0v) is 11.1. The van der Waals surface area contributed by atoms with Gasteiger partial charge in [0.25, 0.3) is 0 Å². The molecule has 0 aromatic carbocycles. The maximum absolute atomic E-state index is 5.53. The van der Waals surface area contributed by atoms with Crippen LogP contribution in [-0.4, -0.2) is 17.0 Å². The van der Waals surface area contributed by atoms with Crippen molar-refractivity contribution in [3.63, 3.8) is 0 Å². The summed E-state index contributed by atoms with van der Waals surface area (Å²) in [5.41, 5.74) is 3.32. The fourth-order valence-electron chi connectivity index (χ4n) is 1.13. The SMILES string of the molecule is CC(C)SCC(CCC(C)(C)C)NN. The summed E-state index contributed by atoms with van der Waals surface area (Å²) in [5.74, 6) is 6.64. The highest BCUT2D eigenvalue weighted by molar-refractivity contribution is 7.99. The van der Waals surface area contributed by atoms with Gasteiger partial charge < -0.3 is 0 Å². The van der Waals surface area contributed by atoms with Crippen molar-refractivity contribution in [2.45, 2.75) is 58.8 Å². The first kappa shape index (κ1) is 14.3. The van der Waals surface area contributed by atoms with Gasteiger partial charge in [-0.2, -0.15) is 11.8 Å². The minimum Gasteiger partial charge on any atom is -0.271 e. The Kier molecular flexibility index (Phi) is 6.83. The van der Waals surface area contributed by atoms with E-state index in [2.05, 4.69) is 40.0 Å². The van der Waals surface area contributed by atoms with Crippen LogP contribution in [0.4, 0.5) is 0 Å². The summed E-state index contributed by atoms with van der Waals surface area (Å²) in [6.45, 7) is 11.3. The smallest absolute Gasteiger partial charge is 0.0301 e. The summed E-state index contributed by atoms with van der Waals surface area (Å²) in [5, 5.41) is 0.695. The van der Waals surface area contributed by atoms with Gasteiger partial charge in [-0.1, -0.05) is 34.6 Å². The van der Waals surface area contributed by atoms with E-state index in [0.29, 0.717) is 16.7 Å². The van der Waals surface area contributed by atoms with Crippen molar-refractivity contribution in [1.29, 1.82) is 0 Å². The Balaban J connectivity index is 3.69. The van der Waals surface area contributed by atoms with Crippen LogP contribution in [0.5, 0.6) is 0 Å². The van der Waals surface area contributed by atoms with E-state index in [-0.39, 0.29) is 0 Å². The van der Waals surface area contributed by atoms with E-state index in [0.717, 1.165) is 5.75 Å². The third-order valence-electron chi connectivity index (χ3n) is 2.11. The van der Waals surface area contributed by atoms with E-state index in [1.54, 1.807) is 0 Å². The molecule has 0 radical (unpaired) electrons. The Morgan fingerprint density at radius 3 is 2.21 bits per heavy atom. The second kappa shape index (κ2) is 6.70. The van der Waals surface area contributed by atoms with Gasteiger partial charge in [0, 0.05) is 11.8 Å². The maximum Gasteiger partial charge on any atom is 0.0301 e. The molecule has 0 rings (SSSR count). The van der Waals surface area contributed by atoms with Crippen LogP contribution in [-0.2, 0) is 0 Å². The van der Waals surface area contributed by atoms with Crippen LogP contribution in [0.2, 0.25) is 0 Å². The lowest BCUT2D eigenvalue weighted by molar-refractivity contribution is 0.339. The first-order chi connectivity index (χ1) is 6.35. The summed E-state index contributed by atoms with van der Waals surface area (Å²) in [6, 6.07) is 0.460. The molecule has 0 saturated heterocycles. The first-order valence-corrected chi connectivity index (χ1v) is 6.48. The van der Waals surface area contributed by atoms with Crippen LogP contribution < -0.4 is 11.3 Å². The van der Waals surface area contributed by atoms with Gasteiger partial charge in [-0.15, -0.1) is 0 Å². The quantitative estimate of drug-likeness (QED) is 0.532. The second-order valence-electron chi connectivity index (χ2n) is 5.35. The number of thioether (sulfide) groups is 1. The Bertz CT molecular complexity index is 141. The lowest BCUT2D eigenvalue weighted by Gasteiger charge is -2.23. The topological polar surface area (TPSA) is 38.0 Å². The van der Waals surface area contributed by atoms with Crippen molar-refractivity contribution < 1.29 is 0 Å². The normalized spacial score (nSPS) is 14.8. The van der Waals surface area contributed by atoms with E-state index in [9.17, 15) is 0 Å². The molecule has 0 amide bonds. The molecule has 1 atom stereocenters. The maximum atomic E-state index is 5.53. The molecule has 3 N–H and O–H groups in total. The molecular weight excluding hydrogens is 192 g/mol. The lowest BCUT2D eigenvalue weighted by Crippen LogP contribution is -2.38.